The minimum Gasteiger partial charge on any atom is -0.491 e. The van der Waals surface area contributed by atoms with Crippen molar-refractivity contribution in [2.75, 3.05) is 19.8 Å². The van der Waals surface area contributed by atoms with Gasteiger partial charge >= 0.3 is 0 Å². The van der Waals surface area contributed by atoms with E-state index in [0.29, 0.717) is 26.2 Å². The van der Waals surface area contributed by atoms with E-state index in [-0.39, 0.29) is 11.5 Å². The van der Waals surface area contributed by atoms with Crippen molar-refractivity contribution < 1.29 is 14.6 Å². The highest BCUT2D eigenvalue weighted by molar-refractivity contribution is 5.39. The first-order chi connectivity index (χ1) is 11.5. The van der Waals surface area contributed by atoms with Gasteiger partial charge in [-0.3, -0.25) is 0 Å². The smallest absolute Gasteiger partial charge is 0.119 e. The molecule has 0 heterocycles. The summed E-state index contributed by atoms with van der Waals surface area (Å²) in [5, 5.41) is 9.15. The maximum atomic E-state index is 9.15. The molecular weight excluding hydrogens is 300 g/mol. The number of benzene rings is 2. The monoisotopic (exact) mass is 328 g/mol. The van der Waals surface area contributed by atoms with Gasteiger partial charge in [0.15, 0.2) is 0 Å². The van der Waals surface area contributed by atoms with E-state index in [0.717, 1.165) is 5.75 Å². The zero-order valence-corrected chi connectivity index (χ0v) is 14.9. The highest BCUT2D eigenvalue weighted by atomic mass is 16.5. The molecule has 2 aromatic rings. The summed E-state index contributed by atoms with van der Waals surface area (Å²) in [7, 11) is 0. The summed E-state index contributed by atoms with van der Waals surface area (Å²) >= 11 is 0. The molecule has 0 fully saturated rings. The average Bonchev–Trinajstić information content (AvgIpc) is 2.59. The summed E-state index contributed by atoms with van der Waals surface area (Å²) < 4.78 is 11.1. The van der Waals surface area contributed by atoms with Crippen LogP contribution in [0, 0.1) is 0 Å². The largest absolute Gasteiger partial charge is 0.491 e. The maximum Gasteiger partial charge on any atom is 0.119 e. The molecule has 2 aromatic carbocycles. The molecule has 2 rings (SSSR count). The molecule has 0 aliphatic rings. The van der Waals surface area contributed by atoms with Gasteiger partial charge in [0.05, 0.1) is 12.7 Å². The molecule has 0 saturated carbocycles. The van der Waals surface area contributed by atoms with Gasteiger partial charge in [0.25, 0.3) is 0 Å². The van der Waals surface area contributed by atoms with Gasteiger partial charge in [-0.15, -0.1) is 0 Å². The van der Waals surface area contributed by atoms with Crippen molar-refractivity contribution in [2.24, 2.45) is 0 Å². The third-order valence-corrected chi connectivity index (χ3v) is 4.25. The zero-order chi connectivity index (χ0) is 17.4. The molecule has 3 heteroatoms. The Bertz CT molecular complexity index is 588. The summed E-state index contributed by atoms with van der Waals surface area (Å²) in [5.74, 6) is 0.849. The van der Waals surface area contributed by atoms with Crippen LogP contribution in [-0.4, -0.2) is 31.0 Å². The van der Waals surface area contributed by atoms with Gasteiger partial charge in [0.2, 0.25) is 0 Å². The van der Waals surface area contributed by atoms with Crippen molar-refractivity contribution in [1.82, 2.24) is 0 Å². The second-order valence-corrected chi connectivity index (χ2v) is 6.61. The van der Waals surface area contributed by atoms with E-state index >= 15 is 0 Å². The first kappa shape index (κ1) is 18.5. The molecule has 0 radical (unpaired) electrons. The zero-order valence-electron chi connectivity index (χ0n) is 14.9. The van der Waals surface area contributed by atoms with Crippen LogP contribution in [0.3, 0.4) is 0 Å². The third-order valence-electron chi connectivity index (χ3n) is 4.25. The molecule has 130 valence electrons. The summed E-state index contributed by atoms with van der Waals surface area (Å²) in [6, 6.07) is 18.8. The highest BCUT2D eigenvalue weighted by Crippen LogP contribution is 2.32. The Kier molecular flexibility index (Phi) is 6.83. The Labute approximate surface area is 145 Å². The van der Waals surface area contributed by atoms with Crippen LogP contribution >= 0.6 is 0 Å². The summed E-state index contributed by atoms with van der Waals surface area (Å²) in [6.45, 7) is 7.83. The van der Waals surface area contributed by atoms with Crippen LogP contribution in [0.5, 0.6) is 5.75 Å². The second kappa shape index (κ2) is 8.86. The molecule has 1 atom stereocenters. The van der Waals surface area contributed by atoms with E-state index in [1.807, 2.05) is 18.2 Å². The number of hydrogen-bond donors (Lipinski definition) is 1. The van der Waals surface area contributed by atoms with Gasteiger partial charge in [-0.05, 0) is 36.6 Å². The lowest BCUT2D eigenvalue weighted by molar-refractivity contribution is 0.0704. The first-order valence-corrected chi connectivity index (χ1v) is 8.55. The standard InChI is InChI=1S/C21H28O3/c1-17(22)13-14-23-15-16-24-20-11-9-19(10-12-20)21(2,3)18-7-5-4-6-8-18/h4-12,17,22H,13-16H2,1-3H3. The molecule has 0 aliphatic carbocycles. The molecule has 3 nitrogen and oxygen atoms in total. The van der Waals surface area contributed by atoms with Crippen LogP contribution in [0.4, 0.5) is 0 Å². The molecule has 1 N–H and O–H groups in total. The Morgan fingerprint density at radius 1 is 0.875 bits per heavy atom. The van der Waals surface area contributed by atoms with Crippen molar-refractivity contribution in [3.05, 3.63) is 65.7 Å². The maximum absolute atomic E-state index is 9.15. The van der Waals surface area contributed by atoms with Crippen LogP contribution in [0.1, 0.15) is 38.3 Å². The van der Waals surface area contributed by atoms with Crippen LogP contribution in [-0.2, 0) is 10.2 Å². The SMILES string of the molecule is CC(O)CCOCCOc1ccc(C(C)(C)c2ccccc2)cc1. The lowest BCUT2D eigenvalue weighted by atomic mass is 9.78. The van der Waals surface area contributed by atoms with E-state index < -0.39 is 0 Å². The van der Waals surface area contributed by atoms with Crippen LogP contribution in [0.15, 0.2) is 54.6 Å². The van der Waals surface area contributed by atoms with E-state index in [1.54, 1.807) is 6.92 Å². The predicted molar refractivity (Wildman–Crippen MR) is 97.6 cm³/mol. The van der Waals surface area contributed by atoms with Crippen LogP contribution < -0.4 is 4.74 Å². The normalized spacial score (nSPS) is 12.8. The highest BCUT2D eigenvalue weighted by Gasteiger charge is 2.22. The van der Waals surface area contributed by atoms with Gasteiger partial charge in [0, 0.05) is 12.0 Å². The van der Waals surface area contributed by atoms with E-state index in [2.05, 4.69) is 50.2 Å². The molecule has 0 saturated heterocycles. The van der Waals surface area contributed by atoms with Crippen molar-refractivity contribution in [2.45, 2.75) is 38.7 Å². The fourth-order valence-electron chi connectivity index (χ4n) is 2.56. The fraction of sp³-hybridized carbons (Fsp3) is 0.429. The van der Waals surface area contributed by atoms with Gasteiger partial charge in [-0.2, -0.15) is 0 Å². The summed E-state index contributed by atoms with van der Waals surface area (Å²) in [6.07, 6.45) is 0.343. The molecular formula is C21H28O3. The van der Waals surface area contributed by atoms with E-state index in [1.165, 1.54) is 11.1 Å². The first-order valence-electron chi connectivity index (χ1n) is 8.55. The Morgan fingerprint density at radius 2 is 1.50 bits per heavy atom. The molecule has 1 unspecified atom stereocenters. The lowest BCUT2D eigenvalue weighted by Crippen LogP contribution is -2.18. The van der Waals surface area contributed by atoms with E-state index in [4.69, 9.17) is 14.6 Å². The van der Waals surface area contributed by atoms with Crippen molar-refractivity contribution in [3.8, 4) is 5.75 Å². The van der Waals surface area contributed by atoms with Crippen molar-refractivity contribution in [1.29, 1.82) is 0 Å². The van der Waals surface area contributed by atoms with Crippen molar-refractivity contribution >= 4 is 0 Å². The van der Waals surface area contributed by atoms with Crippen molar-refractivity contribution in [3.63, 3.8) is 0 Å². The number of aliphatic hydroxyl groups excluding tert-OH is 1. The Hall–Kier alpha value is -1.84. The molecule has 0 aromatic heterocycles. The minimum atomic E-state index is -0.313. The molecule has 24 heavy (non-hydrogen) atoms. The minimum absolute atomic E-state index is 0.0378. The lowest BCUT2D eigenvalue weighted by Gasteiger charge is -2.26. The predicted octanol–water partition coefficient (Wildman–Crippen LogP) is 4.18. The third kappa shape index (κ3) is 5.36. The van der Waals surface area contributed by atoms with E-state index in [9.17, 15) is 0 Å². The molecule has 0 spiro atoms. The number of rotatable bonds is 9. The Morgan fingerprint density at radius 3 is 2.12 bits per heavy atom. The number of aliphatic hydroxyl groups is 1. The number of ether oxygens (including phenoxy) is 2. The molecule has 0 aliphatic heterocycles. The van der Waals surface area contributed by atoms with Crippen LogP contribution in [0.2, 0.25) is 0 Å². The van der Waals surface area contributed by atoms with Gasteiger partial charge in [-0.25, -0.2) is 0 Å². The molecule has 0 bridgehead atoms. The number of hydrogen-bond acceptors (Lipinski definition) is 3. The summed E-state index contributed by atoms with van der Waals surface area (Å²) in [5.41, 5.74) is 2.52. The second-order valence-electron chi connectivity index (χ2n) is 6.61. The van der Waals surface area contributed by atoms with Gasteiger partial charge in [-0.1, -0.05) is 56.3 Å². The molecule has 0 amide bonds. The fourth-order valence-corrected chi connectivity index (χ4v) is 2.56. The van der Waals surface area contributed by atoms with Gasteiger partial charge in [0.1, 0.15) is 12.4 Å². The topological polar surface area (TPSA) is 38.7 Å². The average molecular weight is 328 g/mol. The van der Waals surface area contributed by atoms with Crippen LogP contribution in [0.25, 0.3) is 0 Å². The quantitative estimate of drug-likeness (QED) is 0.702. The summed E-state index contributed by atoms with van der Waals surface area (Å²) in [4.78, 5) is 0. The van der Waals surface area contributed by atoms with Gasteiger partial charge < -0.3 is 14.6 Å². The Balaban J connectivity index is 1.85.